The third-order valence-corrected chi connectivity index (χ3v) is 2.72. The second-order valence-corrected chi connectivity index (χ2v) is 4.35. The van der Waals surface area contributed by atoms with E-state index < -0.39 is 5.97 Å². The van der Waals surface area contributed by atoms with E-state index >= 15 is 0 Å². The highest BCUT2D eigenvalue weighted by Crippen LogP contribution is 2.19. The fourth-order valence-corrected chi connectivity index (χ4v) is 1.56. The number of rotatable bonds is 11. The molecule has 0 atom stereocenters. The average molecular weight is 298 g/mol. The van der Waals surface area contributed by atoms with Crippen LogP contribution in [0.4, 0.5) is 0 Å². The maximum absolute atomic E-state index is 10.9. The summed E-state index contributed by atoms with van der Waals surface area (Å²) in [6, 6.07) is 4.80. The van der Waals surface area contributed by atoms with Crippen molar-refractivity contribution in [2.75, 3.05) is 46.8 Å². The summed E-state index contributed by atoms with van der Waals surface area (Å²) in [7, 11) is 1.62. The molecule has 0 amide bonds. The predicted molar refractivity (Wildman–Crippen MR) is 77.1 cm³/mol. The minimum Gasteiger partial charge on any atom is -0.491 e. The first-order valence-corrected chi connectivity index (χ1v) is 6.76. The minimum absolute atomic E-state index is 0.211. The Kier molecular flexibility index (Phi) is 8.42. The summed E-state index contributed by atoms with van der Waals surface area (Å²) in [5, 5.41) is 8.93. The number of ether oxygens (including phenoxy) is 4. The van der Waals surface area contributed by atoms with Crippen LogP contribution in [0.3, 0.4) is 0 Å². The molecule has 0 unspecified atom stereocenters. The van der Waals surface area contributed by atoms with Crippen molar-refractivity contribution in [2.45, 2.75) is 6.92 Å². The molecule has 0 spiro atoms. The van der Waals surface area contributed by atoms with Crippen LogP contribution in [0.1, 0.15) is 15.9 Å². The van der Waals surface area contributed by atoms with Crippen LogP contribution >= 0.6 is 0 Å². The summed E-state index contributed by atoms with van der Waals surface area (Å²) in [6.07, 6.45) is 0. The van der Waals surface area contributed by atoms with E-state index in [2.05, 4.69) is 0 Å². The second kappa shape index (κ2) is 10.1. The van der Waals surface area contributed by atoms with Gasteiger partial charge in [0.1, 0.15) is 12.4 Å². The Morgan fingerprint density at radius 1 is 1.05 bits per heavy atom. The monoisotopic (exact) mass is 298 g/mol. The van der Waals surface area contributed by atoms with Crippen molar-refractivity contribution in [3.05, 3.63) is 29.3 Å². The molecule has 0 fully saturated rings. The normalized spacial score (nSPS) is 10.6. The third-order valence-electron chi connectivity index (χ3n) is 2.72. The highest BCUT2D eigenvalue weighted by Gasteiger charge is 2.06. The van der Waals surface area contributed by atoms with Crippen LogP contribution in [0.2, 0.25) is 0 Å². The van der Waals surface area contributed by atoms with Gasteiger partial charge in [-0.25, -0.2) is 4.79 Å². The Bertz CT molecular complexity index is 432. The molecule has 1 aromatic carbocycles. The highest BCUT2D eigenvalue weighted by atomic mass is 16.6. The van der Waals surface area contributed by atoms with Gasteiger partial charge >= 0.3 is 5.97 Å². The van der Waals surface area contributed by atoms with Gasteiger partial charge in [-0.15, -0.1) is 0 Å². The molecule has 0 saturated carbocycles. The van der Waals surface area contributed by atoms with Crippen LogP contribution < -0.4 is 4.74 Å². The summed E-state index contributed by atoms with van der Waals surface area (Å²) in [5.41, 5.74) is 1.10. The first-order valence-electron chi connectivity index (χ1n) is 6.76. The van der Waals surface area contributed by atoms with Crippen LogP contribution in [0, 0.1) is 6.92 Å². The Morgan fingerprint density at radius 2 is 1.67 bits per heavy atom. The molecule has 0 saturated heterocycles. The van der Waals surface area contributed by atoms with Crippen molar-refractivity contribution < 1.29 is 28.8 Å². The zero-order valence-corrected chi connectivity index (χ0v) is 12.5. The molecule has 6 heteroatoms. The van der Waals surface area contributed by atoms with Gasteiger partial charge in [-0.3, -0.25) is 0 Å². The molecular weight excluding hydrogens is 276 g/mol. The Labute approximate surface area is 124 Å². The van der Waals surface area contributed by atoms with Gasteiger partial charge in [0, 0.05) is 7.11 Å². The van der Waals surface area contributed by atoms with Gasteiger partial charge < -0.3 is 24.1 Å². The van der Waals surface area contributed by atoms with E-state index in [0.717, 1.165) is 5.56 Å². The number of aromatic carboxylic acids is 1. The molecule has 118 valence electrons. The zero-order valence-electron chi connectivity index (χ0n) is 12.5. The van der Waals surface area contributed by atoms with Crippen LogP contribution in [-0.4, -0.2) is 57.8 Å². The first kappa shape index (κ1) is 17.4. The number of carboxylic acids is 1. The summed E-state index contributed by atoms with van der Waals surface area (Å²) in [6.45, 7) is 4.77. The Balaban J connectivity index is 2.18. The van der Waals surface area contributed by atoms with Gasteiger partial charge in [0.2, 0.25) is 0 Å². The lowest BCUT2D eigenvalue weighted by molar-refractivity contribution is 0.0179. The number of hydrogen-bond donors (Lipinski definition) is 1. The summed E-state index contributed by atoms with van der Waals surface area (Å²) >= 11 is 0. The van der Waals surface area contributed by atoms with E-state index in [-0.39, 0.29) is 5.56 Å². The van der Waals surface area contributed by atoms with E-state index in [1.165, 1.54) is 6.07 Å². The number of benzene rings is 1. The van der Waals surface area contributed by atoms with Crippen LogP contribution in [-0.2, 0) is 14.2 Å². The lowest BCUT2D eigenvalue weighted by Crippen LogP contribution is -2.12. The van der Waals surface area contributed by atoms with Gasteiger partial charge in [-0.05, 0) is 24.6 Å². The third kappa shape index (κ3) is 7.08. The number of carbonyl (C=O) groups is 1. The van der Waals surface area contributed by atoms with Gasteiger partial charge in [0.15, 0.2) is 0 Å². The summed E-state index contributed by atoms with van der Waals surface area (Å²) in [4.78, 5) is 10.9. The lowest BCUT2D eigenvalue weighted by Gasteiger charge is -2.10. The molecule has 0 bridgehead atoms. The van der Waals surface area contributed by atoms with Gasteiger partial charge in [0.25, 0.3) is 0 Å². The molecule has 0 aliphatic carbocycles. The van der Waals surface area contributed by atoms with Crippen molar-refractivity contribution in [2.24, 2.45) is 0 Å². The molecule has 0 aromatic heterocycles. The largest absolute Gasteiger partial charge is 0.491 e. The highest BCUT2D eigenvalue weighted by molar-refractivity contribution is 5.88. The lowest BCUT2D eigenvalue weighted by atomic mass is 10.1. The molecular formula is C15H22O6. The van der Waals surface area contributed by atoms with Crippen molar-refractivity contribution in [1.82, 2.24) is 0 Å². The van der Waals surface area contributed by atoms with Crippen LogP contribution in [0.15, 0.2) is 18.2 Å². The van der Waals surface area contributed by atoms with Crippen molar-refractivity contribution in [3.8, 4) is 5.75 Å². The minimum atomic E-state index is -0.968. The molecule has 0 heterocycles. The molecule has 6 nitrogen and oxygen atoms in total. The number of carboxylic acid groups (broad SMARTS) is 1. The van der Waals surface area contributed by atoms with Gasteiger partial charge in [0.05, 0.1) is 38.6 Å². The van der Waals surface area contributed by atoms with Gasteiger partial charge in [-0.2, -0.15) is 0 Å². The number of hydrogen-bond acceptors (Lipinski definition) is 5. The number of aryl methyl sites for hydroxylation is 1. The van der Waals surface area contributed by atoms with E-state index in [4.69, 9.17) is 24.1 Å². The van der Waals surface area contributed by atoms with E-state index in [0.29, 0.717) is 45.4 Å². The standard InChI is InChI=1S/C15H22O6/c1-12-3-4-13(15(16)17)11-14(12)21-10-9-20-8-7-19-6-5-18-2/h3-4,11H,5-10H2,1-2H3,(H,16,17). The van der Waals surface area contributed by atoms with Crippen molar-refractivity contribution >= 4 is 5.97 Å². The summed E-state index contributed by atoms with van der Waals surface area (Å²) in [5.74, 6) is -0.404. The second-order valence-electron chi connectivity index (χ2n) is 4.35. The average Bonchev–Trinajstić information content (AvgIpc) is 2.47. The van der Waals surface area contributed by atoms with Gasteiger partial charge in [-0.1, -0.05) is 6.07 Å². The van der Waals surface area contributed by atoms with Crippen LogP contribution in [0.25, 0.3) is 0 Å². The van der Waals surface area contributed by atoms with E-state index in [1.54, 1.807) is 19.2 Å². The molecule has 0 aliphatic heterocycles. The SMILES string of the molecule is COCCOCCOCCOc1cc(C(=O)O)ccc1C. The number of methoxy groups -OCH3 is 1. The smallest absolute Gasteiger partial charge is 0.335 e. The molecule has 0 aliphatic rings. The molecule has 1 rings (SSSR count). The van der Waals surface area contributed by atoms with Crippen molar-refractivity contribution in [3.63, 3.8) is 0 Å². The topological polar surface area (TPSA) is 74.2 Å². The Morgan fingerprint density at radius 3 is 2.29 bits per heavy atom. The maximum Gasteiger partial charge on any atom is 0.335 e. The molecule has 21 heavy (non-hydrogen) atoms. The fourth-order valence-electron chi connectivity index (χ4n) is 1.56. The maximum atomic E-state index is 10.9. The summed E-state index contributed by atoms with van der Waals surface area (Å²) < 4.78 is 21.0. The molecule has 1 N–H and O–H groups in total. The van der Waals surface area contributed by atoms with E-state index in [1.807, 2.05) is 6.92 Å². The molecule has 1 aromatic rings. The van der Waals surface area contributed by atoms with E-state index in [9.17, 15) is 4.79 Å². The fraction of sp³-hybridized carbons (Fsp3) is 0.533. The zero-order chi connectivity index (χ0) is 15.5. The first-order chi connectivity index (χ1) is 10.1. The quantitative estimate of drug-likeness (QED) is 0.627. The predicted octanol–water partition coefficient (Wildman–Crippen LogP) is 1.75. The van der Waals surface area contributed by atoms with Crippen LogP contribution in [0.5, 0.6) is 5.75 Å². The van der Waals surface area contributed by atoms with Crippen molar-refractivity contribution in [1.29, 1.82) is 0 Å². The Hall–Kier alpha value is -1.63. The molecule has 0 radical (unpaired) electrons.